The van der Waals surface area contributed by atoms with E-state index in [4.69, 9.17) is 20.1 Å². The second-order valence-corrected chi connectivity index (χ2v) is 6.81. The van der Waals surface area contributed by atoms with Crippen LogP contribution in [-0.4, -0.2) is 36.2 Å². The van der Waals surface area contributed by atoms with Gasteiger partial charge in [-0.15, -0.1) is 10.2 Å². The number of methoxy groups -OCH3 is 3. The van der Waals surface area contributed by atoms with Gasteiger partial charge in [0.2, 0.25) is 10.9 Å². The van der Waals surface area contributed by atoms with Crippen molar-refractivity contribution in [3.63, 3.8) is 0 Å². The number of hydrogen-bond acceptors (Lipinski definition) is 7. The minimum Gasteiger partial charge on any atom is -0.493 e. The molecule has 0 atom stereocenters. The molecule has 0 amide bonds. The molecule has 3 rings (SSSR count). The van der Waals surface area contributed by atoms with Crippen LogP contribution in [0.3, 0.4) is 0 Å². The molecule has 8 heteroatoms. The largest absolute Gasteiger partial charge is 0.493 e. The fourth-order valence-corrected chi connectivity index (χ4v) is 3.43. The van der Waals surface area contributed by atoms with Crippen LogP contribution in [-0.2, 0) is 5.75 Å². The molecule has 0 spiro atoms. The predicted molar refractivity (Wildman–Crippen MR) is 106 cm³/mol. The Morgan fingerprint density at radius 2 is 1.59 bits per heavy atom. The van der Waals surface area contributed by atoms with Crippen LogP contribution in [0.1, 0.15) is 11.1 Å². The first-order valence-electron chi connectivity index (χ1n) is 8.26. The van der Waals surface area contributed by atoms with Gasteiger partial charge < -0.3 is 20.1 Å². The SMILES string of the molecule is COc1cc(-c2nnc(SCc3ccc(C)cc3)n2N)cc(OC)c1OC. The van der Waals surface area contributed by atoms with Crippen LogP contribution in [0.25, 0.3) is 11.4 Å². The monoisotopic (exact) mass is 386 g/mol. The number of nitrogen functional groups attached to an aromatic ring is 1. The normalized spacial score (nSPS) is 10.7. The molecule has 0 unspecified atom stereocenters. The molecule has 27 heavy (non-hydrogen) atoms. The van der Waals surface area contributed by atoms with E-state index in [1.807, 2.05) is 0 Å². The summed E-state index contributed by atoms with van der Waals surface area (Å²) < 4.78 is 17.6. The molecule has 1 heterocycles. The van der Waals surface area contributed by atoms with E-state index in [1.54, 1.807) is 33.5 Å². The van der Waals surface area contributed by atoms with Gasteiger partial charge in [-0.2, -0.15) is 0 Å². The zero-order chi connectivity index (χ0) is 19.4. The second kappa shape index (κ2) is 8.22. The lowest BCUT2D eigenvalue weighted by Crippen LogP contribution is -2.11. The van der Waals surface area contributed by atoms with Crippen LogP contribution in [0.4, 0.5) is 0 Å². The highest BCUT2D eigenvalue weighted by Crippen LogP contribution is 2.41. The summed E-state index contributed by atoms with van der Waals surface area (Å²) in [6.45, 7) is 2.07. The van der Waals surface area contributed by atoms with E-state index in [1.165, 1.54) is 27.6 Å². The highest BCUT2D eigenvalue weighted by molar-refractivity contribution is 7.98. The van der Waals surface area contributed by atoms with E-state index in [-0.39, 0.29) is 0 Å². The summed E-state index contributed by atoms with van der Waals surface area (Å²) in [6.07, 6.45) is 0. The van der Waals surface area contributed by atoms with Crippen LogP contribution in [0.15, 0.2) is 41.6 Å². The van der Waals surface area contributed by atoms with Crippen molar-refractivity contribution in [3.05, 3.63) is 47.5 Å². The van der Waals surface area contributed by atoms with Crippen LogP contribution in [0, 0.1) is 6.92 Å². The fourth-order valence-electron chi connectivity index (χ4n) is 2.61. The molecule has 2 aromatic carbocycles. The molecule has 3 aromatic rings. The summed E-state index contributed by atoms with van der Waals surface area (Å²) in [5, 5.41) is 9.07. The van der Waals surface area contributed by atoms with Crippen LogP contribution in [0.2, 0.25) is 0 Å². The summed E-state index contributed by atoms with van der Waals surface area (Å²) in [5.74, 6) is 9.08. The van der Waals surface area contributed by atoms with Crippen molar-refractivity contribution in [2.24, 2.45) is 0 Å². The summed E-state index contributed by atoms with van der Waals surface area (Å²) in [7, 11) is 4.69. The number of hydrogen-bond donors (Lipinski definition) is 1. The minimum atomic E-state index is 0.514. The first-order chi connectivity index (χ1) is 13.1. The molecular formula is C19H22N4O3S. The van der Waals surface area contributed by atoms with Crippen LogP contribution < -0.4 is 20.1 Å². The minimum absolute atomic E-state index is 0.514. The third kappa shape index (κ3) is 3.95. The highest BCUT2D eigenvalue weighted by atomic mass is 32.2. The third-order valence-corrected chi connectivity index (χ3v) is 5.09. The average Bonchev–Trinajstić information content (AvgIpc) is 3.06. The summed E-state index contributed by atoms with van der Waals surface area (Å²) in [6, 6.07) is 12.0. The first kappa shape index (κ1) is 18.9. The van der Waals surface area contributed by atoms with Crippen molar-refractivity contribution in [3.8, 4) is 28.6 Å². The summed E-state index contributed by atoms with van der Waals surface area (Å²) in [4.78, 5) is 0. The lowest BCUT2D eigenvalue weighted by molar-refractivity contribution is 0.324. The van der Waals surface area contributed by atoms with Gasteiger partial charge in [-0.1, -0.05) is 41.6 Å². The Hall–Kier alpha value is -2.87. The number of benzene rings is 2. The van der Waals surface area contributed by atoms with Gasteiger partial charge in [0.15, 0.2) is 17.3 Å². The van der Waals surface area contributed by atoms with Gasteiger partial charge in [0.25, 0.3) is 0 Å². The smallest absolute Gasteiger partial charge is 0.210 e. The molecule has 142 valence electrons. The van der Waals surface area contributed by atoms with E-state index in [2.05, 4.69) is 41.4 Å². The topological polar surface area (TPSA) is 84.4 Å². The second-order valence-electron chi connectivity index (χ2n) is 5.86. The van der Waals surface area contributed by atoms with Gasteiger partial charge in [-0.05, 0) is 24.6 Å². The zero-order valence-electron chi connectivity index (χ0n) is 15.7. The van der Waals surface area contributed by atoms with Crippen LogP contribution >= 0.6 is 11.8 Å². The number of rotatable bonds is 7. The Bertz CT molecular complexity index is 900. The molecule has 0 aliphatic heterocycles. The van der Waals surface area contributed by atoms with E-state index in [0.717, 1.165) is 11.3 Å². The van der Waals surface area contributed by atoms with E-state index in [9.17, 15) is 0 Å². The molecule has 0 saturated heterocycles. The van der Waals surface area contributed by atoms with Gasteiger partial charge in [0, 0.05) is 11.3 Å². The van der Waals surface area contributed by atoms with Crippen molar-refractivity contribution in [2.45, 2.75) is 17.8 Å². The fraction of sp³-hybridized carbons (Fsp3) is 0.263. The Morgan fingerprint density at radius 3 is 2.15 bits per heavy atom. The van der Waals surface area contributed by atoms with Crippen molar-refractivity contribution in [1.29, 1.82) is 0 Å². The maximum Gasteiger partial charge on any atom is 0.210 e. The lowest BCUT2D eigenvalue weighted by atomic mass is 10.1. The predicted octanol–water partition coefficient (Wildman–Crippen LogP) is 3.29. The van der Waals surface area contributed by atoms with Gasteiger partial charge in [-0.3, -0.25) is 0 Å². The van der Waals surface area contributed by atoms with E-state index in [0.29, 0.717) is 28.2 Å². The molecule has 0 aliphatic carbocycles. The Morgan fingerprint density at radius 1 is 0.963 bits per heavy atom. The highest BCUT2D eigenvalue weighted by Gasteiger charge is 2.18. The molecule has 1 aromatic heterocycles. The molecule has 0 radical (unpaired) electrons. The van der Waals surface area contributed by atoms with Crippen molar-refractivity contribution >= 4 is 11.8 Å². The summed E-state index contributed by atoms with van der Waals surface area (Å²) in [5.41, 5.74) is 3.15. The molecule has 0 fully saturated rings. The third-order valence-electron chi connectivity index (χ3n) is 4.08. The maximum absolute atomic E-state index is 6.24. The molecule has 0 saturated carbocycles. The Labute approximate surface area is 162 Å². The number of aryl methyl sites for hydroxylation is 1. The van der Waals surface area contributed by atoms with Gasteiger partial charge >= 0.3 is 0 Å². The van der Waals surface area contributed by atoms with Gasteiger partial charge in [-0.25, -0.2) is 4.68 Å². The number of ether oxygens (including phenoxy) is 3. The number of aromatic nitrogens is 3. The Kier molecular flexibility index (Phi) is 5.75. The zero-order valence-corrected chi connectivity index (χ0v) is 16.5. The average molecular weight is 386 g/mol. The van der Waals surface area contributed by atoms with Crippen molar-refractivity contribution in [2.75, 3.05) is 27.2 Å². The molecular weight excluding hydrogens is 364 g/mol. The molecule has 2 N–H and O–H groups in total. The first-order valence-corrected chi connectivity index (χ1v) is 9.25. The van der Waals surface area contributed by atoms with Gasteiger partial charge in [0.05, 0.1) is 21.3 Å². The quantitative estimate of drug-likeness (QED) is 0.493. The maximum atomic E-state index is 6.24. The molecule has 0 bridgehead atoms. The van der Waals surface area contributed by atoms with Gasteiger partial charge in [0.1, 0.15) is 0 Å². The number of nitrogens with two attached hydrogens (primary N) is 1. The van der Waals surface area contributed by atoms with Crippen molar-refractivity contribution in [1.82, 2.24) is 14.9 Å². The number of nitrogens with zero attached hydrogens (tertiary/aromatic N) is 3. The van der Waals surface area contributed by atoms with Crippen LogP contribution in [0.5, 0.6) is 17.2 Å². The Balaban J connectivity index is 1.87. The summed E-state index contributed by atoms with van der Waals surface area (Å²) >= 11 is 1.53. The lowest BCUT2D eigenvalue weighted by Gasteiger charge is -2.13. The molecule has 0 aliphatic rings. The number of thioether (sulfide) groups is 1. The standard InChI is InChI=1S/C19H22N4O3S/c1-12-5-7-13(8-6-12)11-27-19-22-21-18(23(19)20)14-9-15(24-2)17(26-4)16(10-14)25-3/h5-10H,11,20H2,1-4H3. The van der Waals surface area contributed by atoms with E-state index >= 15 is 0 Å². The van der Waals surface area contributed by atoms with Crippen molar-refractivity contribution < 1.29 is 14.2 Å². The molecule has 7 nitrogen and oxygen atoms in total. The van der Waals surface area contributed by atoms with E-state index < -0.39 is 0 Å².